The number of carbonyl (C=O) groups excluding carboxylic acids is 1. The molecule has 1 aromatic carbocycles. The summed E-state index contributed by atoms with van der Waals surface area (Å²) in [5.41, 5.74) is 1.84. The number of thioether (sulfide) groups is 1. The fourth-order valence-electron chi connectivity index (χ4n) is 2.60. The zero-order chi connectivity index (χ0) is 17.4. The zero-order valence-corrected chi connectivity index (χ0v) is 14.5. The van der Waals surface area contributed by atoms with Crippen molar-refractivity contribution < 1.29 is 9.32 Å². The highest BCUT2D eigenvalue weighted by molar-refractivity contribution is 8.00. The molecule has 1 atom stereocenters. The minimum Gasteiger partial charge on any atom is -0.360 e. The molecule has 1 unspecified atom stereocenters. The van der Waals surface area contributed by atoms with Gasteiger partial charge in [-0.2, -0.15) is 0 Å². The van der Waals surface area contributed by atoms with E-state index in [1.165, 1.54) is 11.8 Å². The average molecular weight is 356 g/mol. The number of fused-ring (bicyclic) bond motifs is 3. The third-order valence-electron chi connectivity index (χ3n) is 3.79. The van der Waals surface area contributed by atoms with Crippen molar-refractivity contribution >= 4 is 40.3 Å². The highest BCUT2D eigenvalue weighted by atomic mass is 32.2. The molecule has 4 rings (SSSR count). The second-order valence-corrected chi connectivity index (χ2v) is 6.76. The van der Waals surface area contributed by atoms with Crippen LogP contribution in [0.15, 0.2) is 40.0 Å². The van der Waals surface area contributed by atoms with Crippen molar-refractivity contribution in [3.05, 3.63) is 36.1 Å². The first-order valence-corrected chi connectivity index (χ1v) is 8.76. The Morgan fingerprint density at radius 1 is 1.44 bits per heavy atom. The smallest absolute Gasteiger partial charge is 0.239 e. The Bertz CT molecular complexity index is 1050. The van der Waals surface area contributed by atoms with Gasteiger partial charge in [0.1, 0.15) is 5.76 Å². The van der Waals surface area contributed by atoms with Gasteiger partial charge < -0.3 is 9.84 Å². The Kier molecular flexibility index (Phi) is 3.92. The lowest BCUT2D eigenvalue weighted by Gasteiger charge is -2.11. The molecule has 0 aliphatic heterocycles. The van der Waals surface area contributed by atoms with Crippen LogP contribution in [-0.4, -0.2) is 35.9 Å². The summed E-state index contributed by atoms with van der Waals surface area (Å²) in [5.74, 6) is 1.59. The van der Waals surface area contributed by atoms with Crippen LogP contribution in [0.4, 0.5) is 5.82 Å². The molecule has 0 saturated heterocycles. The molecule has 0 radical (unpaired) electrons. The summed E-state index contributed by atoms with van der Waals surface area (Å²) in [6, 6.07) is 9.51. The molecule has 128 valence electrons. The lowest BCUT2D eigenvalue weighted by molar-refractivity contribution is -0.115. The van der Waals surface area contributed by atoms with Crippen LogP contribution in [0, 0.1) is 6.92 Å². The summed E-state index contributed by atoms with van der Waals surface area (Å²) < 4.78 is 6.91. The van der Waals surface area contributed by atoms with Crippen LogP contribution in [0.1, 0.15) is 19.1 Å². The maximum atomic E-state index is 12.5. The van der Waals surface area contributed by atoms with Crippen molar-refractivity contribution in [2.75, 3.05) is 5.32 Å². The molecule has 8 nitrogen and oxygen atoms in total. The van der Waals surface area contributed by atoms with Gasteiger partial charge in [0, 0.05) is 6.07 Å². The highest BCUT2D eigenvalue weighted by Crippen LogP contribution is 2.28. The van der Waals surface area contributed by atoms with Crippen LogP contribution in [0.25, 0.3) is 16.8 Å². The summed E-state index contributed by atoms with van der Waals surface area (Å²) in [4.78, 5) is 17.0. The number of hydrogen-bond acceptors (Lipinski definition) is 6. The molecule has 0 aliphatic carbocycles. The van der Waals surface area contributed by atoms with Crippen molar-refractivity contribution in [1.29, 1.82) is 0 Å². The Balaban J connectivity index is 1.61. The predicted octanol–water partition coefficient (Wildman–Crippen LogP) is 3.02. The third kappa shape index (κ3) is 2.86. The number of aromatic amines is 1. The molecule has 3 heterocycles. The van der Waals surface area contributed by atoms with E-state index in [1.807, 2.05) is 35.6 Å². The molecular weight excluding hydrogens is 340 g/mol. The van der Waals surface area contributed by atoms with Crippen LogP contribution in [0.3, 0.4) is 0 Å². The summed E-state index contributed by atoms with van der Waals surface area (Å²) in [7, 11) is 0. The number of benzene rings is 1. The number of aromatic nitrogens is 5. The summed E-state index contributed by atoms with van der Waals surface area (Å²) >= 11 is 1.39. The van der Waals surface area contributed by atoms with Gasteiger partial charge in [-0.1, -0.05) is 36.0 Å². The fourth-order valence-corrected chi connectivity index (χ4v) is 3.58. The van der Waals surface area contributed by atoms with Crippen LogP contribution >= 0.6 is 11.8 Å². The van der Waals surface area contributed by atoms with Crippen LogP contribution < -0.4 is 5.32 Å². The van der Waals surface area contributed by atoms with Gasteiger partial charge in [-0.05, 0) is 25.5 Å². The van der Waals surface area contributed by atoms with E-state index in [9.17, 15) is 4.79 Å². The lowest BCUT2D eigenvalue weighted by Crippen LogP contribution is -2.25. The Morgan fingerprint density at radius 2 is 2.28 bits per heavy atom. The number of hydrogen-bond donors (Lipinski definition) is 2. The number of anilines is 1. The van der Waals surface area contributed by atoms with Gasteiger partial charge in [0.15, 0.2) is 11.0 Å². The lowest BCUT2D eigenvalue weighted by atomic mass is 10.3. The molecule has 2 N–H and O–H groups in total. The minimum absolute atomic E-state index is 0.138. The van der Waals surface area contributed by atoms with Crippen LogP contribution in [0.5, 0.6) is 0 Å². The first-order valence-electron chi connectivity index (χ1n) is 7.88. The second-order valence-electron chi connectivity index (χ2n) is 5.59. The fraction of sp³-hybridized carbons (Fsp3) is 0.250. The third-order valence-corrected chi connectivity index (χ3v) is 5.11. The minimum atomic E-state index is -0.315. The predicted molar refractivity (Wildman–Crippen MR) is 94.6 cm³/mol. The van der Waals surface area contributed by atoms with E-state index in [2.05, 4.69) is 25.7 Å². The summed E-state index contributed by atoms with van der Waals surface area (Å²) in [6.07, 6.45) is 0.647. The molecule has 0 bridgehead atoms. The normalized spacial score (nSPS) is 12.7. The Hall–Kier alpha value is -2.81. The van der Waals surface area contributed by atoms with Crippen molar-refractivity contribution in [3.8, 4) is 0 Å². The number of nitrogens with one attached hydrogen (secondary N) is 2. The van der Waals surface area contributed by atoms with Crippen LogP contribution in [0.2, 0.25) is 0 Å². The topological polar surface area (TPSA) is 101 Å². The number of rotatable bonds is 5. The molecule has 25 heavy (non-hydrogen) atoms. The van der Waals surface area contributed by atoms with Gasteiger partial charge in [0.25, 0.3) is 0 Å². The van der Waals surface area contributed by atoms with Crippen molar-refractivity contribution in [3.63, 3.8) is 0 Å². The monoisotopic (exact) mass is 356 g/mol. The SMILES string of the molecule is CCC(Sc1n[nH]c2nc3ccccc3n12)C(=O)Nc1cc(C)on1. The molecule has 0 aliphatic rings. The van der Waals surface area contributed by atoms with Crippen molar-refractivity contribution in [1.82, 2.24) is 24.7 Å². The van der Waals surface area contributed by atoms with Gasteiger partial charge in [0.2, 0.25) is 11.7 Å². The number of aryl methyl sites for hydroxylation is 1. The first kappa shape index (κ1) is 15.7. The Labute approximate surface area is 147 Å². The van der Waals surface area contributed by atoms with Crippen molar-refractivity contribution in [2.45, 2.75) is 30.7 Å². The van der Waals surface area contributed by atoms with E-state index >= 15 is 0 Å². The maximum absolute atomic E-state index is 12.5. The Morgan fingerprint density at radius 3 is 3.04 bits per heavy atom. The summed E-state index contributed by atoms with van der Waals surface area (Å²) in [5, 5.41) is 14.2. The highest BCUT2D eigenvalue weighted by Gasteiger charge is 2.23. The largest absolute Gasteiger partial charge is 0.360 e. The molecule has 4 aromatic rings. The molecule has 1 amide bonds. The van der Waals surface area contributed by atoms with E-state index in [4.69, 9.17) is 4.52 Å². The maximum Gasteiger partial charge on any atom is 0.239 e. The molecular formula is C16H16N6O2S. The van der Waals surface area contributed by atoms with E-state index in [-0.39, 0.29) is 11.2 Å². The van der Waals surface area contributed by atoms with Gasteiger partial charge in [-0.15, -0.1) is 5.10 Å². The van der Waals surface area contributed by atoms with Gasteiger partial charge in [-0.3, -0.25) is 9.20 Å². The van der Waals surface area contributed by atoms with Crippen LogP contribution in [-0.2, 0) is 4.79 Å². The number of para-hydroxylation sites is 2. The second kappa shape index (κ2) is 6.25. The molecule has 3 aromatic heterocycles. The van der Waals surface area contributed by atoms with Gasteiger partial charge >= 0.3 is 0 Å². The van der Waals surface area contributed by atoms with E-state index in [0.717, 1.165) is 11.0 Å². The number of nitrogens with zero attached hydrogens (tertiary/aromatic N) is 4. The van der Waals surface area contributed by atoms with E-state index in [0.29, 0.717) is 28.9 Å². The average Bonchev–Trinajstić information content (AvgIpc) is 3.28. The molecule has 0 spiro atoms. The summed E-state index contributed by atoms with van der Waals surface area (Å²) in [6.45, 7) is 3.74. The van der Waals surface area contributed by atoms with Gasteiger partial charge in [-0.25, -0.2) is 10.1 Å². The number of amides is 1. The molecule has 0 saturated carbocycles. The van der Waals surface area contributed by atoms with E-state index in [1.54, 1.807) is 13.0 Å². The molecule has 9 heteroatoms. The first-order chi connectivity index (χ1) is 12.2. The van der Waals surface area contributed by atoms with E-state index < -0.39 is 0 Å². The standard InChI is InChI=1S/C16H16N6O2S/c1-3-12(14(23)18-13-8-9(2)24-21-13)25-16-20-19-15-17-10-6-4-5-7-11(10)22(15)16/h4-8,12H,3H2,1-2H3,(H,17,19)(H,18,21,23). The quantitative estimate of drug-likeness (QED) is 0.533. The molecule has 0 fully saturated rings. The zero-order valence-electron chi connectivity index (χ0n) is 13.7. The van der Waals surface area contributed by atoms with Crippen molar-refractivity contribution in [2.24, 2.45) is 0 Å². The number of H-pyrrole nitrogens is 1. The number of carbonyl (C=O) groups is 1. The van der Waals surface area contributed by atoms with Gasteiger partial charge in [0.05, 0.1) is 16.3 Å². The number of imidazole rings is 1.